The quantitative estimate of drug-likeness (QED) is 0.306. The van der Waals surface area contributed by atoms with E-state index in [1.165, 1.54) is 17.4 Å². The number of piperidine rings is 1. The number of carbonyl (C=O) groups excluding carboxylic acids is 1. The Morgan fingerprint density at radius 1 is 0.854 bits per heavy atom. The van der Waals surface area contributed by atoms with Gasteiger partial charge < -0.3 is 4.74 Å². The number of halogens is 1. The Balaban J connectivity index is 1.05. The number of carbonyl (C=O) groups is 1. The van der Waals surface area contributed by atoms with Gasteiger partial charge in [0.15, 0.2) is 5.82 Å². The van der Waals surface area contributed by atoms with E-state index in [2.05, 4.69) is 9.88 Å². The van der Waals surface area contributed by atoms with Gasteiger partial charge in [0, 0.05) is 61.1 Å². The average Bonchev–Trinajstić information content (AvgIpc) is 3.30. The number of anilines is 2. The van der Waals surface area contributed by atoms with Gasteiger partial charge in [-0.2, -0.15) is 0 Å². The van der Waals surface area contributed by atoms with Crippen LogP contribution in [-0.4, -0.2) is 53.0 Å². The summed E-state index contributed by atoms with van der Waals surface area (Å²) in [6, 6.07) is 23.7. The maximum Gasteiger partial charge on any atom is 0.415 e. The lowest BCUT2D eigenvalue weighted by Crippen LogP contribution is -2.46. The number of rotatable bonds is 6. The van der Waals surface area contributed by atoms with Crippen LogP contribution in [0.4, 0.5) is 20.6 Å². The molecule has 0 saturated carbocycles. The number of hydrogen-bond acceptors (Lipinski definition) is 8. The Labute approximate surface area is 236 Å². The van der Waals surface area contributed by atoms with Gasteiger partial charge in [0.25, 0.3) is 0 Å². The molecule has 1 aromatic heterocycles. The number of benzene rings is 3. The highest BCUT2D eigenvalue weighted by molar-refractivity contribution is 5.90. The third kappa shape index (κ3) is 5.13. The lowest BCUT2D eigenvalue weighted by atomic mass is 9.91. The molecule has 3 aliphatic heterocycles. The van der Waals surface area contributed by atoms with Crippen molar-refractivity contribution in [3.63, 3.8) is 0 Å². The molecule has 41 heavy (non-hydrogen) atoms. The monoisotopic (exact) mass is 553 g/mol. The summed E-state index contributed by atoms with van der Waals surface area (Å²) < 4.78 is 19.7. The van der Waals surface area contributed by atoms with Crippen LogP contribution in [0.3, 0.4) is 0 Å². The predicted molar refractivity (Wildman–Crippen MR) is 150 cm³/mol. The van der Waals surface area contributed by atoms with Crippen molar-refractivity contribution in [3.8, 4) is 22.6 Å². The number of aromatic nitrogens is 2. The molecular formula is C31H28FN5O4. The minimum atomic E-state index is -0.524. The van der Waals surface area contributed by atoms with E-state index in [1.54, 1.807) is 17.0 Å². The molecule has 7 rings (SSSR count). The van der Waals surface area contributed by atoms with Gasteiger partial charge in [-0.15, -0.1) is 5.23 Å². The molecule has 3 aromatic carbocycles. The van der Waals surface area contributed by atoms with Crippen LogP contribution in [-0.2, 0) is 21.0 Å². The van der Waals surface area contributed by atoms with Crippen molar-refractivity contribution in [3.05, 3.63) is 96.4 Å². The molecule has 4 heterocycles. The average molecular weight is 554 g/mol. The molecule has 4 aromatic rings. The molecule has 0 bridgehead atoms. The minimum Gasteiger partial charge on any atom is -0.441 e. The first-order valence-electron chi connectivity index (χ1n) is 13.6. The second-order valence-electron chi connectivity index (χ2n) is 10.5. The van der Waals surface area contributed by atoms with Crippen molar-refractivity contribution in [1.29, 1.82) is 0 Å². The van der Waals surface area contributed by atoms with Crippen molar-refractivity contribution in [2.45, 2.75) is 25.0 Å². The number of amides is 1. The molecule has 3 fully saturated rings. The molecule has 0 radical (unpaired) electrons. The molecule has 1 amide bonds. The Morgan fingerprint density at radius 3 is 2.24 bits per heavy atom. The van der Waals surface area contributed by atoms with Crippen LogP contribution in [0, 0.1) is 5.82 Å². The number of hydrogen-bond donors (Lipinski definition) is 0. The molecule has 0 N–H and O–H groups in total. The standard InChI is InChI=1S/C31H28FN5O4/c32-25-8-6-22(7-9-25)28-24(18-33-29(34-28)23-4-2-1-3-5-23)19-35-16-14-31(15-17-35)20-36(30(38)41-31)26-10-12-27(13-11-26)37-39-21-40-37/h1-13,18H,14-17,19-21H2. The molecule has 10 heteroatoms. The highest BCUT2D eigenvalue weighted by Gasteiger charge is 2.47. The summed E-state index contributed by atoms with van der Waals surface area (Å²) in [5.41, 5.74) is 4.53. The van der Waals surface area contributed by atoms with E-state index in [1.807, 2.05) is 60.8 Å². The van der Waals surface area contributed by atoms with Gasteiger partial charge in [0.2, 0.25) is 6.79 Å². The van der Waals surface area contributed by atoms with E-state index in [0.717, 1.165) is 59.7 Å². The Kier molecular flexibility index (Phi) is 6.58. The van der Waals surface area contributed by atoms with Crippen molar-refractivity contribution in [2.75, 3.05) is 36.6 Å². The fraction of sp³-hybridized carbons (Fsp3) is 0.258. The van der Waals surface area contributed by atoms with Gasteiger partial charge in [0.1, 0.15) is 11.4 Å². The van der Waals surface area contributed by atoms with Crippen molar-refractivity contribution in [2.24, 2.45) is 0 Å². The highest BCUT2D eigenvalue weighted by Crippen LogP contribution is 2.37. The largest absolute Gasteiger partial charge is 0.441 e. The predicted octanol–water partition coefficient (Wildman–Crippen LogP) is 5.58. The van der Waals surface area contributed by atoms with Gasteiger partial charge in [0.05, 0.1) is 17.9 Å². The van der Waals surface area contributed by atoms with Gasteiger partial charge >= 0.3 is 6.09 Å². The summed E-state index contributed by atoms with van der Waals surface area (Å²) in [6.07, 6.45) is 2.98. The van der Waals surface area contributed by atoms with Crippen LogP contribution in [0.2, 0.25) is 0 Å². The topological polar surface area (TPSA) is 80.3 Å². The third-order valence-corrected chi connectivity index (χ3v) is 7.86. The van der Waals surface area contributed by atoms with Gasteiger partial charge in [-0.3, -0.25) is 9.80 Å². The molecule has 9 nitrogen and oxygen atoms in total. The molecule has 1 spiro atoms. The van der Waals surface area contributed by atoms with E-state index in [4.69, 9.17) is 19.4 Å². The molecule has 3 saturated heterocycles. The zero-order chi connectivity index (χ0) is 27.8. The zero-order valence-corrected chi connectivity index (χ0v) is 22.3. The summed E-state index contributed by atoms with van der Waals surface area (Å²) in [6.45, 7) is 2.89. The minimum absolute atomic E-state index is 0.235. The fourth-order valence-electron chi connectivity index (χ4n) is 5.56. The van der Waals surface area contributed by atoms with Crippen molar-refractivity contribution < 1.29 is 23.6 Å². The van der Waals surface area contributed by atoms with E-state index in [-0.39, 0.29) is 18.7 Å². The summed E-state index contributed by atoms with van der Waals surface area (Å²) in [4.78, 5) is 36.8. The van der Waals surface area contributed by atoms with E-state index in [9.17, 15) is 9.18 Å². The molecule has 208 valence electrons. The normalized spacial score (nSPS) is 18.4. The first-order valence-corrected chi connectivity index (χ1v) is 13.6. The number of nitrogens with zero attached hydrogens (tertiary/aromatic N) is 5. The Morgan fingerprint density at radius 2 is 1.56 bits per heavy atom. The van der Waals surface area contributed by atoms with Crippen LogP contribution >= 0.6 is 0 Å². The summed E-state index contributed by atoms with van der Waals surface area (Å²) in [5, 5.41) is 1.34. The van der Waals surface area contributed by atoms with Crippen LogP contribution < -0.4 is 10.1 Å². The smallest absolute Gasteiger partial charge is 0.415 e. The summed E-state index contributed by atoms with van der Waals surface area (Å²) in [7, 11) is 0. The van der Waals surface area contributed by atoms with Gasteiger partial charge in [-0.1, -0.05) is 30.3 Å². The van der Waals surface area contributed by atoms with Crippen LogP contribution in [0.5, 0.6) is 0 Å². The second kappa shape index (κ2) is 10.5. The fourth-order valence-corrected chi connectivity index (χ4v) is 5.56. The second-order valence-corrected chi connectivity index (χ2v) is 10.5. The lowest BCUT2D eigenvalue weighted by Gasteiger charge is -2.37. The van der Waals surface area contributed by atoms with Crippen molar-refractivity contribution in [1.82, 2.24) is 14.9 Å². The number of likely N-dealkylation sites (tertiary alicyclic amines) is 1. The van der Waals surface area contributed by atoms with Crippen LogP contribution in [0.15, 0.2) is 85.1 Å². The van der Waals surface area contributed by atoms with E-state index < -0.39 is 5.60 Å². The van der Waals surface area contributed by atoms with E-state index in [0.29, 0.717) is 18.9 Å². The van der Waals surface area contributed by atoms with Crippen LogP contribution in [0.1, 0.15) is 18.4 Å². The molecule has 0 atom stereocenters. The Hall–Kier alpha value is -4.38. The molecule has 3 aliphatic rings. The number of ether oxygens (including phenoxy) is 1. The lowest BCUT2D eigenvalue weighted by molar-refractivity contribution is -0.277. The molecule has 0 aliphatic carbocycles. The van der Waals surface area contributed by atoms with Gasteiger partial charge in [-0.05, 0) is 48.5 Å². The molecular weight excluding hydrogens is 525 g/mol. The summed E-state index contributed by atoms with van der Waals surface area (Å²) in [5.74, 6) is 0.339. The van der Waals surface area contributed by atoms with Crippen LogP contribution in [0.25, 0.3) is 22.6 Å². The Bertz CT molecular complexity index is 1540. The van der Waals surface area contributed by atoms with Crippen molar-refractivity contribution >= 4 is 17.5 Å². The molecule has 0 unspecified atom stereocenters. The van der Waals surface area contributed by atoms with E-state index >= 15 is 0 Å². The first-order chi connectivity index (χ1) is 20.1. The third-order valence-electron chi connectivity index (χ3n) is 7.86. The summed E-state index contributed by atoms with van der Waals surface area (Å²) >= 11 is 0. The first kappa shape index (κ1) is 25.6. The van der Waals surface area contributed by atoms with Gasteiger partial charge in [-0.25, -0.2) is 28.8 Å². The SMILES string of the molecule is O=C1OC2(CCN(Cc3cnc(-c4ccccc4)nc3-c3ccc(F)cc3)CC2)CN1c1ccc(N2OCO2)cc1. The maximum atomic E-state index is 13.7. The highest BCUT2D eigenvalue weighted by atomic mass is 19.1. The zero-order valence-electron chi connectivity index (χ0n) is 22.3. The maximum absolute atomic E-state index is 13.7.